The molecule has 1 aliphatic rings. The van der Waals surface area contributed by atoms with Crippen LogP contribution in [0.4, 0.5) is 0 Å². The number of aromatic nitrogens is 3. The van der Waals surface area contributed by atoms with Gasteiger partial charge in [0.25, 0.3) is 5.91 Å². The second-order valence-corrected chi connectivity index (χ2v) is 6.62. The maximum Gasteiger partial charge on any atom is 0.255 e. The van der Waals surface area contributed by atoms with Crippen LogP contribution in [0.15, 0.2) is 36.7 Å². The van der Waals surface area contributed by atoms with Crippen molar-refractivity contribution in [2.75, 3.05) is 13.1 Å². The van der Waals surface area contributed by atoms with Crippen molar-refractivity contribution in [1.82, 2.24) is 20.1 Å². The van der Waals surface area contributed by atoms with Crippen LogP contribution in [0.5, 0.6) is 0 Å². The topological polar surface area (TPSA) is 61.9 Å². The van der Waals surface area contributed by atoms with Gasteiger partial charge in [0.05, 0.1) is 17.3 Å². The average Bonchev–Trinajstić information content (AvgIpc) is 3.22. The van der Waals surface area contributed by atoms with Crippen LogP contribution in [0.3, 0.4) is 0 Å². The molecule has 1 aromatic carbocycles. The second kappa shape index (κ2) is 5.74. The van der Waals surface area contributed by atoms with Gasteiger partial charge in [0.1, 0.15) is 5.52 Å². The van der Waals surface area contributed by atoms with E-state index in [9.17, 15) is 4.79 Å². The molecule has 0 radical (unpaired) electrons. The number of hydrogen-bond acceptors (Lipinski definition) is 3. The summed E-state index contributed by atoms with van der Waals surface area (Å²) in [7, 11) is 0. The Kier molecular flexibility index (Phi) is 3.56. The lowest BCUT2D eigenvalue weighted by Gasteiger charge is -2.18. The van der Waals surface area contributed by atoms with Gasteiger partial charge in [-0.25, -0.2) is 0 Å². The lowest BCUT2D eigenvalue weighted by atomic mass is 9.93. The van der Waals surface area contributed by atoms with Gasteiger partial charge in [-0.05, 0) is 37.5 Å². The third-order valence-corrected chi connectivity index (χ3v) is 4.88. The third kappa shape index (κ3) is 2.56. The van der Waals surface area contributed by atoms with E-state index in [2.05, 4.69) is 47.2 Å². The largest absolute Gasteiger partial charge is 0.338 e. The van der Waals surface area contributed by atoms with Gasteiger partial charge in [-0.15, -0.1) is 0 Å². The Bertz CT molecular complexity index is 915. The number of nitrogens with one attached hydrogen (secondary N) is 1. The molecule has 1 aliphatic heterocycles. The number of amides is 1. The minimum atomic E-state index is 0.0475. The Hall–Kier alpha value is -2.69. The van der Waals surface area contributed by atoms with E-state index >= 15 is 0 Å². The highest BCUT2D eigenvalue weighted by Crippen LogP contribution is 2.30. The molecule has 0 aliphatic carbocycles. The number of fused-ring (bicyclic) bond motifs is 1. The van der Waals surface area contributed by atoms with E-state index in [1.165, 1.54) is 16.7 Å². The summed E-state index contributed by atoms with van der Waals surface area (Å²) in [5.41, 5.74) is 6.15. The number of H-pyrrole nitrogens is 1. The summed E-state index contributed by atoms with van der Waals surface area (Å²) >= 11 is 0. The van der Waals surface area contributed by atoms with Crippen molar-refractivity contribution < 1.29 is 4.79 Å². The molecular weight excluding hydrogens is 300 g/mol. The van der Waals surface area contributed by atoms with E-state index in [4.69, 9.17) is 0 Å². The zero-order valence-corrected chi connectivity index (χ0v) is 13.9. The summed E-state index contributed by atoms with van der Waals surface area (Å²) in [5, 5.41) is 6.82. The van der Waals surface area contributed by atoms with Crippen molar-refractivity contribution in [3.8, 4) is 0 Å². The zero-order valence-electron chi connectivity index (χ0n) is 13.9. The maximum absolute atomic E-state index is 12.8. The van der Waals surface area contributed by atoms with Crippen molar-refractivity contribution >= 4 is 16.9 Å². The molecule has 3 heterocycles. The number of pyridine rings is 1. The lowest BCUT2D eigenvalue weighted by molar-refractivity contribution is 0.0790. The summed E-state index contributed by atoms with van der Waals surface area (Å²) in [6.07, 6.45) is 4.32. The van der Waals surface area contributed by atoms with Crippen LogP contribution in [-0.4, -0.2) is 39.1 Å². The number of aryl methyl sites for hydroxylation is 2. The summed E-state index contributed by atoms with van der Waals surface area (Å²) in [5.74, 6) is 0.463. The normalized spacial score (nSPS) is 17.6. The van der Waals surface area contributed by atoms with E-state index in [0.29, 0.717) is 11.5 Å². The van der Waals surface area contributed by atoms with Crippen LogP contribution in [0.1, 0.15) is 39.4 Å². The summed E-state index contributed by atoms with van der Waals surface area (Å²) in [4.78, 5) is 19.0. The average molecular weight is 320 g/mol. The summed E-state index contributed by atoms with van der Waals surface area (Å²) in [6.45, 7) is 5.82. The molecule has 24 heavy (non-hydrogen) atoms. The van der Waals surface area contributed by atoms with Gasteiger partial charge in [-0.2, -0.15) is 5.10 Å². The molecule has 1 unspecified atom stereocenters. The van der Waals surface area contributed by atoms with Crippen LogP contribution < -0.4 is 0 Å². The van der Waals surface area contributed by atoms with Crippen LogP contribution in [0.2, 0.25) is 0 Å². The van der Waals surface area contributed by atoms with E-state index in [-0.39, 0.29) is 5.91 Å². The van der Waals surface area contributed by atoms with Gasteiger partial charge in [0.15, 0.2) is 0 Å². The Morgan fingerprint density at radius 3 is 2.96 bits per heavy atom. The van der Waals surface area contributed by atoms with Crippen LogP contribution >= 0.6 is 0 Å². The standard InChI is InChI=1S/C19H20N4O/c1-12-3-4-16(13(2)7-12)14-5-6-23(11-14)19(24)15-8-17-18(20-9-15)10-21-22-17/h3-4,7-10,14H,5-6,11H2,1-2H3,(H,21,22). The highest BCUT2D eigenvalue weighted by molar-refractivity contribution is 5.96. The Morgan fingerprint density at radius 1 is 1.25 bits per heavy atom. The van der Waals surface area contributed by atoms with Crippen LogP contribution in [-0.2, 0) is 0 Å². The predicted molar refractivity (Wildman–Crippen MR) is 93.1 cm³/mol. The number of carbonyl (C=O) groups excluding carboxylic acids is 1. The molecule has 3 aromatic rings. The van der Waals surface area contributed by atoms with Crippen molar-refractivity contribution in [1.29, 1.82) is 0 Å². The smallest absolute Gasteiger partial charge is 0.255 e. The first-order valence-electron chi connectivity index (χ1n) is 8.27. The molecule has 1 atom stereocenters. The monoisotopic (exact) mass is 320 g/mol. The maximum atomic E-state index is 12.8. The molecule has 1 amide bonds. The quantitative estimate of drug-likeness (QED) is 0.788. The van der Waals surface area contributed by atoms with Gasteiger partial charge in [-0.3, -0.25) is 14.9 Å². The first kappa shape index (κ1) is 14.9. The molecule has 1 saturated heterocycles. The Balaban J connectivity index is 1.54. The number of carbonyl (C=O) groups is 1. The molecule has 4 rings (SSSR count). The van der Waals surface area contributed by atoms with E-state index in [0.717, 1.165) is 30.5 Å². The molecule has 5 nitrogen and oxygen atoms in total. The van der Waals surface area contributed by atoms with Crippen molar-refractivity contribution in [2.45, 2.75) is 26.2 Å². The van der Waals surface area contributed by atoms with Crippen molar-refractivity contribution in [3.63, 3.8) is 0 Å². The molecule has 0 spiro atoms. The number of hydrogen-bond donors (Lipinski definition) is 1. The van der Waals surface area contributed by atoms with E-state index in [1.807, 2.05) is 11.0 Å². The molecular formula is C19H20N4O. The summed E-state index contributed by atoms with van der Waals surface area (Å²) in [6, 6.07) is 8.42. The zero-order chi connectivity index (χ0) is 16.7. The highest BCUT2D eigenvalue weighted by atomic mass is 16.2. The Morgan fingerprint density at radius 2 is 2.12 bits per heavy atom. The number of rotatable bonds is 2. The van der Waals surface area contributed by atoms with Gasteiger partial charge in [0.2, 0.25) is 0 Å². The van der Waals surface area contributed by atoms with Crippen molar-refractivity contribution in [2.24, 2.45) is 0 Å². The number of likely N-dealkylation sites (tertiary alicyclic amines) is 1. The van der Waals surface area contributed by atoms with E-state index in [1.54, 1.807) is 12.4 Å². The van der Waals surface area contributed by atoms with Gasteiger partial charge in [0, 0.05) is 25.2 Å². The summed E-state index contributed by atoms with van der Waals surface area (Å²) < 4.78 is 0. The van der Waals surface area contributed by atoms with Gasteiger partial charge >= 0.3 is 0 Å². The fourth-order valence-corrected chi connectivity index (χ4v) is 3.61. The van der Waals surface area contributed by atoms with Crippen LogP contribution in [0.25, 0.3) is 11.0 Å². The van der Waals surface area contributed by atoms with Crippen LogP contribution in [0, 0.1) is 13.8 Å². The van der Waals surface area contributed by atoms with Gasteiger partial charge < -0.3 is 4.90 Å². The molecule has 0 saturated carbocycles. The van der Waals surface area contributed by atoms with Crippen molar-refractivity contribution in [3.05, 3.63) is 58.9 Å². The predicted octanol–water partition coefficient (Wildman–Crippen LogP) is 3.20. The van der Waals surface area contributed by atoms with Gasteiger partial charge in [-0.1, -0.05) is 23.8 Å². The molecule has 2 aromatic heterocycles. The first-order chi connectivity index (χ1) is 11.6. The minimum absolute atomic E-state index is 0.0475. The third-order valence-electron chi connectivity index (χ3n) is 4.88. The first-order valence-corrected chi connectivity index (χ1v) is 8.27. The molecule has 0 bridgehead atoms. The highest BCUT2D eigenvalue weighted by Gasteiger charge is 2.29. The molecule has 1 fully saturated rings. The second-order valence-electron chi connectivity index (χ2n) is 6.62. The Labute approximate surface area is 140 Å². The number of aromatic amines is 1. The molecule has 1 N–H and O–H groups in total. The minimum Gasteiger partial charge on any atom is -0.338 e. The fourth-order valence-electron chi connectivity index (χ4n) is 3.61. The number of nitrogens with zero attached hydrogens (tertiary/aromatic N) is 3. The van der Waals surface area contributed by atoms with E-state index < -0.39 is 0 Å². The fraction of sp³-hybridized carbons (Fsp3) is 0.316. The molecule has 122 valence electrons. The lowest BCUT2D eigenvalue weighted by Crippen LogP contribution is -2.28. The molecule has 5 heteroatoms. The SMILES string of the molecule is Cc1ccc(C2CCN(C(=O)c3cnc4cn[nH]c4c3)C2)c(C)c1. The number of benzene rings is 1.